The minimum Gasteiger partial charge on any atom is -0.465 e. The highest BCUT2D eigenvalue weighted by Crippen LogP contribution is 2.31. The molecule has 0 atom stereocenters. The van der Waals surface area contributed by atoms with Crippen molar-refractivity contribution >= 4 is 28.7 Å². The summed E-state index contributed by atoms with van der Waals surface area (Å²) in [5.74, 6) is -0.352. The van der Waals surface area contributed by atoms with Crippen LogP contribution in [0.3, 0.4) is 0 Å². The van der Waals surface area contributed by atoms with Gasteiger partial charge >= 0.3 is 5.97 Å². The molecule has 1 aromatic heterocycles. The average molecular weight is 310 g/mol. The number of nitrogens with zero attached hydrogens (tertiary/aromatic N) is 1. The van der Waals surface area contributed by atoms with E-state index >= 15 is 0 Å². The maximum atomic E-state index is 11.8. The molecule has 0 saturated heterocycles. The number of amides is 1. The fraction of sp³-hybridized carbons (Fsp3) is 0.118. The zero-order chi connectivity index (χ0) is 16.4. The van der Waals surface area contributed by atoms with Crippen LogP contribution in [0.25, 0.3) is 22.6 Å². The molecule has 116 valence electrons. The van der Waals surface area contributed by atoms with Gasteiger partial charge < -0.3 is 14.5 Å². The number of para-hydroxylation sites is 2. The van der Waals surface area contributed by atoms with Gasteiger partial charge in [0.25, 0.3) is 0 Å². The largest absolute Gasteiger partial charge is 0.465 e. The van der Waals surface area contributed by atoms with E-state index in [1.54, 1.807) is 36.4 Å². The number of methoxy groups -OCH3 is 1. The van der Waals surface area contributed by atoms with Gasteiger partial charge in [-0.2, -0.15) is 0 Å². The standard InChI is InChI=1S/C17H14N2O4/c1-10(20)18-13-8-4-3-6-11(13)16-19-15-12(17(21)22-2)7-5-9-14(15)23-16/h3-9H,1-2H3,(H,18,20). The van der Waals surface area contributed by atoms with Crippen molar-refractivity contribution in [2.75, 3.05) is 12.4 Å². The number of oxazole rings is 1. The summed E-state index contributed by atoms with van der Waals surface area (Å²) < 4.78 is 10.5. The maximum absolute atomic E-state index is 11.8. The molecule has 3 aromatic rings. The molecule has 1 heterocycles. The minimum atomic E-state index is -0.481. The normalized spacial score (nSPS) is 10.5. The number of aromatic nitrogens is 1. The summed E-state index contributed by atoms with van der Waals surface area (Å²) in [5, 5.41) is 2.73. The van der Waals surface area contributed by atoms with Gasteiger partial charge in [-0.1, -0.05) is 18.2 Å². The molecule has 0 aliphatic rings. The van der Waals surface area contributed by atoms with E-state index in [-0.39, 0.29) is 5.91 Å². The molecule has 0 aliphatic carbocycles. The number of hydrogen-bond donors (Lipinski definition) is 1. The molecule has 2 aromatic carbocycles. The van der Waals surface area contributed by atoms with Crippen molar-refractivity contribution in [3.05, 3.63) is 48.0 Å². The monoisotopic (exact) mass is 310 g/mol. The van der Waals surface area contributed by atoms with Crippen LogP contribution in [0.4, 0.5) is 5.69 Å². The summed E-state index contributed by atoms with van der Waals surface area (Å²) in [6, 6.07) is 12.2. The molecule has 1 amide bonds. The van der Waals surface area contributed by atoms with Crippen LogP contribution >= 0.6 is 0 Å². The summed E-state index contributed by atoms with van der Waals surface area (Å²) in [6.45, 7) is 1.43. The van der Waals surface area contributed by atoms with E-state index in [1.807, 2.05) is 6.07 Å². The second-order valence-electron chi connectivity index (χ2n) is 4.89. The molecule has 0 fully saturated rings. The predicted molar refractivity (Wildman–Crippen MR) is 85.1 cm³/mol. The van der Waals surface area contributed by atoms with Crippen LogP contribution in [0, 0.1) is 0 Å². The number of fused-ring (bicyclic) bond motifs is 1. The Balaban J connectivity index is 2.15. The fourth-order valence-corrected chi connectivity index (χ4v) is 2.31. The Labute approximate surface area is 132 Å². The third kappa shape index (κ3) is 2.78. The first-order valence-electron chi connectivity index (χ1n) is 6.95. The van der Waals surface area contributed by atoms with Crippen LogP contribution in [0.15, 0.2) is 46.9 Å². The van der Waals surface area contributed by atoms with Crippen LogP contribution in [0.2, 0.25) is 0 Å². The van der Waals surface area contributed by atoms with Gasteiger partial charge in [0.05, 0.1) is 23.9 Å². The fourth-order valence-electron chi connectivity index (χ4n) is 2.31. The first-order chi connectivity index (χ1) is 11.1. The van der Waals surface area contributed by atoms with Crippen molar-refractivity contribution in [3.63, 3.8) is 0 Å². The smallest absolute Gasteiger partial charge is 0.340 e. The molecule has 23 heavy (non-hydrogen) atoms. The van der Waals surface area contributed by atoms with Gasteiger partial charge in [0, 0.05) is 6.92 Å². The Morgan fingerprint density at radius 1 is 1.13 bits per heavy atom. The van der Waals surface area contributed by atoms with Gasteiger partial charge in [0.1, 0.15) is 5.52 Å². The molecule has 0 radical (unpaired) electrons. The summed E-state index contributed by atoms with van der Waals surface area (Å²) >= 11 is 0. The van der Waals surface area contributed by atoms with Crippen molar-refractivity contribution in [2.45, 2.75) is 6.92 Å². The van der Waals surface area contributed by atoms with E-state index in [1.165, 1.54) is 14.0 Å². The molecule has 0 spiro atoms. The lowest BCUT2D eigenvalue weighted by molar-refractivity contribution is -0.114. The number of benzene rings is 2. The average Bonchev–Trinajstić information content (AvgIpc) is 2.97. The Morgan fingerprint density at radius 3 is 2.65 bits per heavy atom. The number of esters is 1. The molecule has 0 aliphatic heterocycles. The van der Waals surface area contributed by atoms with E-state index in [0.29, 0.717) is 33.8 Å². The Kier molecular flexibility index (Phi) is 3.80. The zero-order valence-corrected chi connectivity index (χ0v) is 12.6. The van der Waals surface area contributed by atoms with Gasteiger partial charge in [-0.3, -0.25) is 4.79 Å². The Hall–Kier alpha value is -3.15. The number of hydrogen-bond acceptors (Lipinski definition) is 5. The molecular weight excluding hydrogens is 296 g/mol. The van der Waals surface area contributed by atoms with Gasteiger partial charge in [0.15, 0.2) is 5.58 Å². The molecule has 6 heteroatoms. The minimum absolute atomic E-state index is 0.191. The van der Waals surface area contributed by atoms with E-state index in [4.69, 9.17) is 9.15 Å². The van der Waals surface area contributed by atoms with Crippen LogP contribution in [0.5, 0.6) is 0 Å². The number of rotatable bonds is 3. The molecule has 6 nitrogen and oxygen atoms in total. The van der Waals surface area contributed by atoms with E-state index in [2.05, 4.69) is 10.3 Å². The maximum Gasteiger partial charge on any atom is 0.340 e. The van der Waals surface area contributed by atoms with E-state index < -0.39 is 5.97 Å². The lowest BCUT2D eigenvalue weighted by atomic mass is 10.1. The number of ether oxygens (including phenoxy) is 1. The lowest BCUT2D eigenvalue weighted by Crippen LogP contribution is -2.06. The van der Waals surface area contributed by atoms with Crippen LogP contribution in [-0.4, -0.2) is 24.0 Å². The van der Waals surface area contributed by atoms with Crippen molar-refractivity contribution in [2.24, 2.45) is 0 Å². The van der Waals surface area contributed by atoms with E-state index in [0.717, 1.165) is 0 Å². The summed E-state index contributed by atoms with van der Waals surface area (Å²) in [6.07, 6.45) is 0. The Bertz CT molecular complexity index is 898. The second kappa shape index (κ2) is 5.92. The van der Waals surface area contributed by atoms with Gasteiger partial charge in [-0.05, 0) is 24.3 Å². The molecule has 1 N–H and O–H groups in total. The zero-order valence-electron chi connectivity index (χ0n) is 12.6. The van der Waals surface area contributed by atoms with E-state index in [9.17, 15) is 9.59 Å². The lowest BCUT2D eigenvalue weighted by Gasteiger charge is -2.06. The first kappa shape index (κ1) is 14.8. The highest BCUT2D eigenvalue weighted by molar-refractivity contribution is 6.02. The van der Waals surface area contributed by atoms with Gasteiger partial charge in [0.2, 0.25) is 11.8 Å². The first-order valence-corrected chi connectivity index (χ1v) is 6.95. The SMILES string of the molecule is COC(=O)c1cccc2oc(-c3ccccc3NC(C)=O)nc12. The highest BCUT2D eigenvalue weighted by atomic mass is 16.5. The van der Waals surface area contributed by atoms with Crippen molar-refractivity contribution < 1.29 is 18.7 Å². The molecule has 0 unspecified atom stereocenters. The number of carbonyl (C=O) groups excluding carboxylic acids is 2. The van der Waals surface area contributed by atoms with Crippen molar-refractivity contribution in [1.82, 2.24) is 4.98 Å². The van der Waals surface area contributed by atoms with Crippen molar-refractivity contribution in [3.8, 4) is 11.5 Å². The highest BCUT2D eigenvalue weighted by Gasteiger charge is 2.18. The number of nitrogens with one attached hydrogen (secondary N) is 1. The van der Waals surface area contributed by atoms with Crippen LogP contribution in [-0.2, 0) is 9.53 Å². The number of carbonyl (C=O) groups is 2. The predicted octanol–water partition coefficient (Wildman–Crippen LogP) is 3.24. The molecule has 0 saturated carbocycles. The molecule has 0 bridgehead atoms. The summed E-state index contributed by atoms with van der Waals surface area (Å²) in [4.78, 5) is 27.6. The van der Waals surface area contributed by atoms with Gasteiger partial charge in [-0.15, -0.1) is 0 Å². The Morgan fingerprint density at radius 2 is 1.91 bits per heavy atom. The molecular formula is C17H14N2O4. The van der Waals surface area contributed by atoms with Crippen LogP contribution < -0.4 is 5.32 Å². The second-order valence-corrected chi connectivity index (χ2v) is 4.89. The molecule has 3 rings (SSSR count). The van der Waals surface area contributed by atoms with Crippen LogP contribution in [0.1, 0.15) is 17.3 Å². The third-order valence-electron chi connectivity index (χ3n) is 3.29. The number of anilines is 1. The van der Waals surface area contributed by atoms with Gasteiger partial charge in [-0.25, -0.2) is 9.78 Å². The van der Waals surface area contributed by atoms with Crippen molar-refractivity contribution in [1.29, 1.82) is 0 Å². The summed E-state index contributed by atoms with van der Waals surface area (Å²) in [7, 11) is 1.31. The topological polar surface area (TPSA) is 81.4 Å². The quantitative estimate of drug-likeness (QED) is 0.751. The summed E-state index contributed by atoms with van der Waals surface area (Å²) in [5.41, 5.74) is 2.45. The third-order valence-corrected chi connectivity index (χ3v) is 3.29.